The fraction of sp³-hybridized carbons (Fsp3) is 0.333. The minimum atomic E-state index is -0.00671. The summed E-state index contributed by atoms with van der Waals surface area (Å²) < 4.78 is 0. The van der Waals surface area contributed by atoms with E-state index in [2.05, 4.69) is 11.8 Å². The van der Waals surface area contributed by atoms with Gasteiger partial charge in [-0.1, -0.05) is 5.92 Å². The second-order valence-corrected chi connectivity index (χ2v) is 1.29. The van der Waals surface area contributed by atoms with Crippen LogP contribution in [0.4, 0.5) is 0 Å². The van der Waals surface area contributed by atoms with E-state index in [4.69, 9.17) is 5.26 Å². The minimum Gasteiger partial charge on any atom is -0.299 e. The normalized spacial score (nSPS) is 6.00. The maximum absolute atomic E-state index is 10.1. The van der Waals surface area contributed by atoms with E-state index in [0.29, 0.717) is 0 Å². The summed E-state index contributed by atoms with van der Waals surface area (Å²) in [6, 6.07) is 1.61. The molecule has 0 bridgehead atoms. The van der Waals surface area contributed by atoms with Crippen LogP contribution in [0.15, 0.2) is 0 Å². The summed E-state index contributed by atoms with van der Waals surface area (Å²) in [5.74, 6) is 4.48. The first-order valence-corrected chi connectivity index (χ1v) is 2.13. The minimum absolute atomic E-state index is 0.00671. The molecular formula is C6H5NO. The Hall–Kier alpha value is -1.28. The summed E-state index contributed by atoms with van der Waals surface area (Å²) in [6.45, 7) is 1.44. The number of carbonyl (C=O) groups excluding carboxylic acids is 1. The number of carbonyl (C=O) groups is 1. The molecule has 40 valence electrons. The zero-order valence-electron chi connectivity index (χ0n) is 4.56. The molecule has 0 atom stereocenters. The number of nitrogens with zero attached hydrogens (tertiary/aromatic N) is 1. The fourth-order valence-electron chi connectivity index (χ4n) is 0.208. The number of nitriles is 1. The van der Waals surface area contributed by atoms with Gasteiger partial charge >= 0.3 is 0 Å². The first-order valence-electron chi connectivity index (χ1n) is 2.13. The monoisotopic (exact) mass is 107 g/mol. The highest BCUT2D eigenvalue weighted by atomic mass is 16.1. The molecule has 0 rings (SSSR count). The van der Waals surface area contributed by atoms with Crippen molar-refractivity contribution in [1.82, 2.24) is 0 Å². The number of hydrogen-bond donors (Lipinski definition) is 0. The van der Waals surface area contributed by atoms with Gasteiger partial charge in [0.25, 0.3) is 0 Å². The molecule has 2 heteroatoms. The summed E-state index contributed by atoms with van der Waals surface area (Å²) >= 11 is 0. The topological polar surface area (TPSA) is 40.9 Å². The SMILES string of the molecule is CC(=O)CC#CC#N. The largest absolute Gasteiger partial charge is 0.299 e. The third kappa shape index (κ3) is 4.72. The predicted octanol–water partition coefficient (Wildman–Crippen LogP) is 0.492. The fourth-order valence-corrected chi connectivity index (χ4v) is 0.208. The third-order valence-corrected chi connectivity index (χ3v) is 0.482. The maximum Gasteiger partial charge on any atom is 0.152 e. The molecule has 0 N–H and O–H groups in total. The first-order chi connectivity index (χ1) is 3.77. The Balaban J connectivity index is 3.48. The Morgan fingerprint density at radius 2 is 2.38 bits per heavy atom. The highest BCUT2D eigenvalue weighted by Gasteiger charge is 1.82. The highest BCUT2D eigenvalue weighted by molar-refractivity contribution is 5.78. The zero-order valence-corrected chi connectivity index (χ0v) is 4.56. The van der Waals surface area contributed by atoms with Crippen LogP contribution in [0.25, 0.3) is 0 Å². The second-order valence-electron chi connectivity index (χ2n) is 1.29. The molecule has 0 aromatic heterocycles. The van der Waals surface area contributed by atoms with Crippen LogP contribution in [0.2, 0.25) is 0 Å². The van der Waals surface area contributed by atoms with Crippen molar-refractivity contribution >= 4 is 5.78 Å². The Morgan fingerprint density at radius 3 is 2.75 bits per heavy atom. The highest BCUT2D eigenvalue weighted by Crippen LogP contribution is 1.74. The summed E-state index contributed by atoms with van der Waals surface area (Å²) in [4.78, 5) is 10.1. The summed E-state index contributed by atoms with van der Waals surface area (Å²) in [5.41, 5.74) is 0. The maximum atomic E-state index is 10.1. The van der Waals surface area contributed by atoms with Gasteiger partial charge in [-0.05, 0) is 6.92 Å². The molecule has 0 saturated carbocycles. The van der Waals surface area contributed by atoms with Crippen LogP contribution in [-0.4, -0.2) is 5.78 Å². The van der Waals surface area contributed by atoms with Crippen molar-refractivity contribution in [3.05, 3.63) is 0 Å². The van der Waals surface area contributed by atoms with Crippen molar-refractivity contribution in [2.45, 2.75) is 13.3 Å². The van der Waals surface area contributed by atoms with E-state index in [9.17, 15) is 4.79 Å². The van der Waals surface area contributed by atoms with Gasteiger partial charge in [0.2, 0.25) is 0 Å². The Morgan fingerprint density at radius 1 is 1.75 bits per heavy atom. The van der Waals surface area contributed by atoms with Gasteiger partial charge in [-0.25, -0.2) is 0 Å². The number of rotatable bonds is 1. The van der Waals surface area contributed by atoms with Crippen LogP contribution < -0.4 is 0 Å². The molecule has 0 aromatic rings. The molecule has 0 aliphatic heterocycles. The molecule has 0 spiro atoms. The van der Waals surface area contributed by atoms with E-state index < -0.39 is 0 Å². The molecule has 2 nitrogen and oxygen atoms in total. The molecule has 0 aliphatic carbocycles. The summed E-state index contributed by atoms with van der Waals surface area (Å²) in [7, 11) is 0. The lowest BCUT2D eigenvalue weighted by Gasteiger charge is -1.73. The summed E-state index contributed by atoms with van der Waals surface area (Å²) in [5, 5.41) is 7.84. The molecule has 0 unspecified atom stereocenters. The predicted molar refractivity (Wildman–Crippen MR) is 28.7 cm³/mol. The smallest absolute Gasteiger partial charge is 0.152 e. The van der Waals surface area contributed by atoms with Crippen molar-refractivity contribution in [3.63, 3.8) is 0 Å². The van der Waals surface area contributed by atoms with E-state index in [-0.39, 0.29) is 12.2 Å². The van der Waals surface area contributed by atoms with Gasteiger partial charge in [-0.2, -0.15) is 5.26 Å². The Bertz CT molecular complexity index is 177. The zero-order chi connectivity index (χ0) is 6.41. The quantitative estimate of drug-likeness (QED) is 0.457. The van der Waals surface area contributed by atoms with Gasteiger partial charge in [-0.15, -0.1) is 0 Å². The van der Waals surface area contributed by atoms with Gasteiger partial charge in [-0.3, -0.25) is 4.79 Å². The molecule has 0 fully saturated rings. The number of Topliss-reactive ketones (excluding diaryl/α,β-unsaturated/α-hetero) is 1. The van der Waals surface area contributed by atoms with E-state index >= 15 is 0 Å². The lowest BCUT2D eigenvalue weighted by atomic mass is 10.3. The average Bonchev–Trinajstić information content (AvgIpc) is 1.66. The Kier molecular flexibility index (Phi) is 3.27. The van der Waals surface area contributed by atoms with Crippen molar-refractivity contribution in [2.75, 3.05) is 0 Å². The van der Waals surface area contributed by atoms with Crippen molar-refractivity contribution in [1.29, 1.82) is 5.26 Å². The summed E-state index contributed by atoms with van der Waals surface area (Å²) in [6.07, 6.45) is 0.188. The van der Waals surface area contributed by atoms with Gasteiger partial charge in [0.05, 0.1) is 6.42 Å². The van der Waals surface area contributed by atoms with Gasteiger partial charge < -0.3 is 0 Å². The Labute approximate surface area is 48.1 Å². The van der Waals surface area contributed by atoms with Gasteiger partial charge in [0.1, 0.15) is 5.78 Å². The van der Waals surface area contributed by atoms with E-state index in [0.717, 1.165) is 0 Å². The van der Waals surface area contributed by atoms with Crippen LogP contribution in [0.3, 0.4) is 0 Å². The second kappa shape index (κ2) is 3.89. The average molecular weight is 107 g/mol. The van der Waals surface area contributed by atoms with E-state index in [1.807, 2.05) is 0 Å². The molecular weight excluding hydrogens is 102 g/mol. The lowest BCUT2D eigenvalue weighted by Crippen LogP contribution is -1.83. The van der Waals surface area contributed by atoms with Crippen molar-refractivity contribution in [3.8, 4) is 17.9 Å². The molecule has 0 aliphatic rings. The third-order valence-electron chi connectivity index (χ3n) is 0.482. The van der Waals surface area contributed by atoms with E-state index in [1.165, 1.54) is 6.92 Å². The molecule has 0 heterocycles. The molecule has 0 amide bonds. The van der Waals surface area contributed by atoms with Crippen molar-refractivity contribution in [2.24, 2.45) is 0 Å². The van der Waals surface area contributed by atoms with Crippen LogP contribution in [0.5, 0.6) is 0 Å². The van der Waals surface area contributed by atoms with Crippen LogP contribution in [0, 0.1) is 23.2 Å². The first kappa shape index (κ1) is 6.72. The lowest BCUT2D eigenvalue weighted by molar-refractivity contribution is -0.116. The van der Waals surface area contributed by atoms with Crippen LogP contribution >= 0.6 is 0 Å². The van der Waals surface area contributed by atoms with Gasteiger partial charge in [0.15, 0.2) is 6.07 Å². The van der Waals surface area contributed by atoms with E-state index in [1.54, 1.807) is 6.07 Å². The molecule has 0 radical (unpaired) electrons. The van der Waals surface area contributed by atoms with Crippen molar-refractivity contribution < 1.29 is 4.79 Å². The number of ketones is 1. The van der Waals surface area contributed by atoms with Crippen LogP contribution in [-0.2, 0) is 4.79 Å². The molecule has 0 saturated heterocycles. The van der Waals surface area contributed by atoms with Gasteiger partial charge in [0, 0.05) is 5.92 Å². The van der Waals surface area contributed by atoms with Crippen LogP contribution in [0.1, 0.15) is 13.3 Å². The molecule has 8 heavy (non-hydrogen) atoms. The standard InChI is InChI=1S/C6H5NO/c1-6(8)4-2-3-5-7/h4H2,1H3. The number of hydrogen-bond acceptors (Lipinski definition) is 2. The molecule has 0 aromatic carbocycles.